The van der Waals surface area contributed by atoms with Crippen molar-refractivity contribution in [2.24, 2.45) is 5.92 Å². The van der Waals surface area contributed by atoms with Crippen molar-refractivity contribution in [3.8, 4) is 5.75 Å². The Bertz CT molecular complexity index is 1110. The number of hydrogen-bond acceptors (Lipinski definition) is 3. The number of fused-ring (bicyclic) bond motifs is 1. The number of carboxylic acid groups (broad SMARTS) is 1. The van der Waals surface area contributed by atoms with Crippen LogP contribution in [0.2, 0.25) is 0 Å². The van der Waals surface area contributed by atoms with Crippen LogP contribution in [0.5, 0.6) is 5.75 Å². The maximum absolute atomic E-state index is 13.1. The van der Waals surface area contributed by atoms with Gasteiger partial charge in [0.15, 0.2) is 0 Å². The Kier molecular flexibility index (Phi) is 7.03. The minimum atomic E-state index is -1.11. The molecule has 6 heteroatoms. The fourth-order valence-electron chi connectivity index (χ4n) is 4.13. The molecule has 2 N–H and O–H groups in total. The second-order valence-electron chi connectivity index (χ2n) is 8.37. The lowest BCUT2D eigenvalue weighted by Gasteiger charge is -2.26. The van der Waals surface area contributed by atoms with Gasteiger partial charge in [-0.05, 0) is 65.8 Å². The number of aryl methyl sites for hydroxylation is 1. The Balaban J connectivity index is 1.35. The van der Waals surface area contributed by atoms with Crippen molar-refractivity contribution in [3.05, 3.63) is 101 Å². The van der Waals surface area contributed by atoms with Crippen molar-refractivity contribution in [1.29, 1.82) is 0 Å². The van der Waals surface area contributed by atoms with Crippen LogP contribution in [0.3, 0.4) is 0 Å². The molecule has 3 aromatic rings. The topological polar surface area (TPSA) is 75.6 Å². The Labute approximate surface area is 192 Å². The fraction of sp³-hybridized carbons (Fsp3) is 0.259. The number of halogens is 1. The van der Waals surface area contributed by atoms with Gasteiger partial charge < -0.3 is 15.2 Å². The highest BCUT2D eigenvalue weighted by molar-refractivity contribution is 5.85. The molecule has 0 saturated heterocycles. The van der Waals surface area contributed by atoms with Gasteiger partial charge >= 0.3 is 5.97 Å². The first-order valence-electron chi connectivity index (χ1n) is 11.0. The van der Waals surface area contributed by atoms with Crippen LogP contribution >= 0.6 is 0 Å². The second-order valence-corrected chi connectivity index (χ2v) is 8.37. The largest absolute Gasteiger partial charge is 0.489 e. The van der Waals surface area contributed by atoms with E-state index in [-0.39, 0.29) is 24.1 Å². The van der Waals surface area contributed by atoms with Crippen LogP contribution in [0.4, 0.5) is 4.39 Å². The van der Waals surface area contributed by atoms with E-state index in [1.807, 2.05) is 48.5 Å². The van der Waals surface area contributed by atoms with E-state index in [9.17, 15) is 19.1 Å². The number of amides is 1. The Morgan fingerprint density at radius 2 is 1.76 bits per heavy atom. The summed E-state index contributed by atoms with van der Waals surface area (Å²) >= 11 is 0. The second kappa shape index (κ2) is 10.3. The molecule has 3 aromatic carbocycles. The van der Waals surface area contributed by atoms with Crippen LogP contribution < -0.4 is 10.1 Å². The maximum atomic E-state index is 13.1. The zero-order valence-electron chi connectivity index (χ0n) is 18.2. The summed E-state index contributed by atoms with van der Waals surface area (Å²) in [5, 5.41) is 12.2. The zero-order chi connectivity index (χ0) is 23.2. The first-order valence-corrected chi connectivity index (χ1v) is 11.0. The molecule has 1 aliphatic carbocycles. The first-order chi connectivity index (χ1) is 16.0. The van der Waals surface area contributed by atoms with Crippen molar-refractivity contribution in [1.82, 2.24) is 5.32 Å². The molecule has 33 heavy (non-hydrogen) atoms. The van der Waals surface area contributed by atoms with Gasteiger partial charge in [0, 0.05) is 12.3 Å². The van der Waals surface area contributed by atoms with Gasteiger partial charge in [-0.25, -0.2) is 9.18 Å². The monoisotopic (exact) mass is 447 g/mol. The lowest BCUT2D eigenvalue weighted by atomic mass is 9.83. The van der Waals surface area contributed by atoms with Crippen LogP contribution in [0.25, 0.3) is 0 Å². The average molecular weight is 448 g/mol. The highest BCUT2D eigenvalue weighted by Gasteiger charge is 2.28. The van der Waals surface area contributed by atoms with Gasteiger partial charge in [0.25, 0.3) is 0 Å². The van der Waals surface area contributed by atoms with E-state index >= 15 is 0 Å². The van der Waals surface area contributed by atoms with Gasteiger partial charge in [-0.2, -0.15) is 0 Å². The summed E-state index contributed by atoms with van der Waals surface area (Å²) in [5.41, 5.74) is 3.99. The standard InChI is InChI=1S/C27H26FNO4/c28-23-11-6-18(7-12-23)14-25(27(31)32)29-26(30)22-9-8-21-16-24(13-10-20(21)15-22)33-17-19-4-2-1-3-5-19/h1-7,10-13,16,22,25H,8-9,14-15,17H2,(H,29,30)(H,31,32). The number of ether oxygens (including phenoxy) is 1. The van der Waals surface area contributed by atoms with Crippen molar-refractivity contribution in [2.75, 3.05) is 0 Å². The minimum Gasteiger partial charge on any atom is -0.489 e. The Morgan fingerprint density at radius 3 is 2.48 bits per heavy atom. The van der Waals surface area contributed by atoms with Crippen molar-refractivity contribution in [3.63, 3.8) is 0 Å². The average Bonchev–Trinajstić information content (AvgIpc) is 2.83. The Hall–Kier alpha value is -3.67. The number of hydrogen-bond donors (Lipinski definition) is 2. The normalized spacial score (nSPS) is 15.8. The molecule has 0 aliphatic heterocycles. The highest BCUT2D eigenvalue weighted by Crippen LogP contribution is 2.29. The summed E-state index contributed by atoms with van der Waals surface area (Å²) in [6.45, 7) is 0.495. The lowest BCUT2D eigenvalue weighted by Crippen LogP contribution is -2.46. The van der Waals surface area contributed by atoms with Crippen LogP contribution in [-0.4, -0.2) is 23.0 Å². The molecule has 2 atom stereocenters. The van der Waals surface area contributed by atoms with E-state index in [0.717, 1.165) is 28.9 Å². The molecular weight excluding hydrogens is 421 g/mol. The quantitative estimate of drug-likeness (QED) is 0.539. The first kappa shape index (κ1) is 22.5. The molecule has 1 aliphatic rings. The molecule has 170 valence electrons. The predicted octanol–water partition coefficient (Wildman–Crippen LogP) is 4.32. The summed E-state index contributed by atoms with van der Waals surface area (Å²) in [6.07, 6.45) is 2.03. The summed E-state index contributed by atoms with van der Waals surface area (Å²) in [7, 11) is 0. The number of rotatable bonds is 8. The number of carbonyl (C=O) groups is 2. The summed E-state index contributed by atoms with van der Waals surface area (Å²) in [5.74, 6) is -1.25. The van der Waals surface area contributed by atoms with Gasteiger partial charge in [0.2, 0.25) is 5.91 Å². The van der Waals surface area contributed by atoms with E-state index in [2.05, 4.69) is 5.32 Å². The number of nitrogens with one attached hydrogen (secondary N) is 1. The molecule has 0 aromatic heterocycles. The van der Waals surface area contributed by atoms with Crippen molar-refractivity contribution >= 4 is 11.9 Å². The van der Waals surface area contributed by atoms with Gasteiger partial charge in [-0.15, -0.1) is 0 Å². The van der Waals surface area contributed by atoms with Crippen LogP contribution in [0, 0.1) is 11.7 Å². The van der Waals surface area contributed by atoms with E-state index in [1.54, 1.807) is 0 Å². The maximum Gasteiger partial charge on any atom is 0.326 e. The summed E-state index contributed by atoms with van der Waals surface area (Å²) in [4.78, 5) is 24.5. The van der Waals surface area contributed by atoms with Gasteiger partial charge in [0.1, 0.15) is 24.2 Å². The number of benzene rings is 3. The Morgan fingerprint density at radius 1 is 1.00 bits per heavy atom. The third kappa shape index (κ3) is 5.98. The number of carboxylic acids is 1. The summed E-state index contributed by atoms with van der Waals surface area (Å²) in [6, 6.07) is 20.5. The van der Waals surface area contributed by atoms with E-state index in [4.69, 9.17) is 4.74 Å². The van der Waals surface area contributed by atoms with Gasteiger partial charge in [-0.3, -0.25) is 4.79 Å². The van der Waals surface area contributed by atoms with Crippen molar-refractivity contribution in [2.45, 2.75) is 38.3 Å². The molecule has 1 amide bonds. The van der Waals surface area contributed by atoms with Gasteiger partial charge in [0.05, 0.1) is 0 Å². The molecule has 5 nitrogen and oxygen atoms in total. The van der Waals surface area contributed by atoms with Gasteiger partial charge in [-0.1, -0.05) is 48.5 Å². The van der Waals surface area contributed by atoms with E-state index in [0.29, 0.717) is 25.0 Å². The molecular formula is C27H26FNO4. The zero-order valence-corrected chi connectivity index (χ0v) is 18.2. The molecule has 0 saturated carbocycles. The molecule has 0 heterocycles. The number of aliphatic carboxylic acids is 1. The molecule has 0 fully saturated rings. The predicted molar refractivity (Wildman–Crippen MR) is 122 cm³/mol. The third-order valence-electron chi connectivity index (χ3n) is 5.99. The molecule has 2 unspecified atom stereocenters. The molecule has 4 rings (SSSR count). The highest BCUT2D eigenvalue weighted by atomic mass is 19.1. The van der Waals surface area contributed by atoms with E-state index in [1.165, 1.54) is 24.3 Å². The lowest BCUT2D eigenvalue weighted by molar-refractivity contribution is -0.142. The van der Waals surface area contributed by atoms with Crippen LogP contribution in [0.1, 0.15) is 28.7 Å². The van der Waals surface area contributed by atoms with Crippen LogP contribution in [0.15, 0.2) is 72.8 Å². The molecule has 0 bridgehead atoms. The molecule has 0 spiro atoms. The third-order valence-corrected chi connectivity index (χ3v) is 5.99. The smallest absolute Gasteiger partial charge is 0.326 e. The van der Waals surface area contributed by atoms with Crippen LogP contribution in [-0.2, 0) is 35.5 Å². The fourth-order valence-corrected chi connectivity index (χ4v) is 4.13. The molecule has 0 radical (unpaired) electrons. The minimum absolute atomic E-state index is 0.104. The summed E-state index contributed by atoms with van der Waals surface area (Å²) < 4.78 is 19.0. The van der Waals surface area contributed by atoms with E-state index < -0.39 is 12.0 Å². The SMILES string of the molecule is O=C(NC(Cc1ccc(F)cc1)C(=O)O)C1CCc2cc(OCc3ccccc3)ccc2C1. The van der Waals surface area contributed by atoms with Crippen molar-refractivity contribution < 1.29 is 23.8 Å². The number of carbonyl (C=O) groups excluding carboxylic acids is 1.